The van der Waals surface area contributed by atoms with Crippen molar-refractivity contribution in [3.63, 3.8) is 0 Å². The third kappa shape index (κ3) is 11.1. The zero-order valence-electron chi connectivity index (χ0n) is 19.0. The molecule has 188 valence electrons. The fraction of sp³-hybridized carbons (Fsp3) is 0.348. The van der Waals surface area contributed by atoms with Gasteiger partial charge < -0.3 is 30.9 Å². The molecule has 1 aliphatic heterocycles. The quantitative estimate of drug-likeness (QED) is 0.285. The number of primary amides is 1. The minimum Gasteiger partial charge on any atom is -0.490 e. The monoisotopic (exact) mass is 489 g/mol. The normalized spacial score (nSPS) is 14.1. The highest BCUT2D eigenvalue weighted by atomic mass is 19.1. The van der Waals surface area contributed by atoms with Crippen molar-refractivity contribution in [2.24, 2.45) is 5.73 Å². The van der Waals surface area contributed by atoms with Crippen molar-refractivity contribution in [1.29, 1.82) is 0 Å². The maximum atomic E-state index is 12.9. The molecular weight excluding hydrogens is 461 g/mol. The predicted octanol–water partition coefficient (Wildman–Crippen LogP) is 1.77. The van der Waals surface area contributed by atoms with Gasteiger partial charge in [-0.1, -0.05) is 0 Å². The lowest BCUT2D eigenvalue weighted by Gasteiger charge is -2.32. The summed E-state index contributed by atoms with van der Waals surface area (Å²) >= 11 is 0. The van der Waals surface area contributed by atoms with Gasteiger partial charge in [0.1, 0.15) is 23.4 Å². The van der Waals surface area contributed by atoms with Crippen LogP contribution in [0.5, 0.6) is 5.75 Å². The number of nitrogens with zero attached hydrogens (tertiary/aromatic N) is 3. The van der Waals surface area contributed by atoms with E-state index < -0.39 is 17.8 Å². The van der Waals surface area contributed by atoms with E-state index >= 15 is 0 Å². The highest BCUT2D eigenvalue weighted by Gasteiger charge is 2.20. The number of likely N-dealkylation sites (tertiary alicyclic amines) is 1. The number of nitrogens with two attached hydrogens (primary N) is 1. The number of hydrogen-bond donors (Lipinski definition) is 4. The first-order valence-electron chi connectivity index (χ1n) is 10.9. The fourth-order valence-corrected chi connectivity index (χ4v) is 3.18. The van der Waals surface area contributed by atoms with E-state index in [-0.39, 0.29) is 17.6 Å². The van der Waals surface area contributed by atoms with Crippen LogP contribution in [0.25, 0.3) is 0 Å². The van der Waals surface area contributed by atoms with Crippen molar-refractivity contribution >= 4 is 23.8 Å². The van der Waals surface area contributed by atoms with Crippen LogP contribution in [0.15, 0.2) is 48.7 Å². The van der Waals surface area contributed by atoms with E-state index in [0.717, 1.165) is 44.6 Å². The Hall–Kier alpha value is -4.06. The van der Waals surface area contributed by atoms with Crippen LogP contribution in [0.2, 0.25) is 0 Å². The van der Waals surface area contributed by atoms with Gasteiger partial charge in [-0.15, -0.1) is 0 Å². The maximum Gasteiger partial charge on any atom is 0.328 e. The van der Waals surface area contributed by atoms with Crippen LogP contribution in [-0.2, 0) is 9.59 Å². The molecule has 1 amide bonds. The number of piperidine rings is 1. The van der Waals surface area contributed by atoms with Gasteiger partial charge >= 0.3 is 11.9 Å². The second kappa shape index (κ2) is 14.3. The van der Waals surface area contributed by atoms with Gasteiger partial charge in [-0.2, -0.15) is 0 Å². The number of rotatable bonds is 10. The van der Waals surface area contributed by atoms with Crippen molar-refractivity contribution < 1.29 is 33.7 Å². The lowest BCUT2D eigenvalue weighted by Crippen LogP contribution is -2.39. The average Bonchev–Trinajstić information content (AvgIpc) is 2.83. The van der Waals surface area contributed by atoms with Crippen molar-refractivity contribution in [3.8, 4) is 5.75 Å². The summed E-state index contributed by atoms with van der Waals surface area (Å²) in [7, 11) is 0. The molecule has 0 bridgehead atoms. The Morgan fingerprint density at radius 2 is 1.74 bits per heavy atom. The third-order valence-corrected chi connectivity index (χ3v) is 4.86. The minimum absolute atomic E-state index is 0.176. The molecule has 0 unspecified atom stereocenters. The number of amides is 1. The molecule has 0 aliphatic carbocycles. The van der Waals surface area contributed by atoms with Crippen LogP contribution in [-0.4, -0.2) is 75.2 Å². The number of benzene rings is 1. The number of nitrogens with one attached hydrogen (secondary N) is 1. The van der Waals surface area contributed by atoms with Crippen LogP contribution in [0.4, 0.5) is 10.3 Å². The van der Waals surface area contributed by atoms with Gasteiger partial charge in [0.2, 0.25) is 5.95 Å². The molecule has 1 aliphatic rings. The molecule has 35 heavy (non-hydrogen) atoms. The van der Waals surface area contributed by atoms with Crippen LogP contribution in [0, 0.1) is 5.82 Å². The summed E-state index contributed by atoms with van der Waals surface area (Å²) in [5.41, 5.74) is 5.42. The number of ether oxygens (including phenoxy) is 1. The SMILES string of the molecule is NC(=O)c1ccnc(NCCCN2CCC(Oc3ccc(F)cc3)CC2)n1.O=C(O)C=CC(=O)O. The van der Waals surface area contributed by atoms with Gasteiger partial charge in [0.05, 0.1) is 0 Å². The highest BCUT2D eigenvalue weighted by molar-refractivity contribution is 5.91. The van der Waals surface area contributed by atoms with Crippen molar-refractivity contribution in [1.82, 2.24) is 14.9 Å². The Bertz CT molecular complexity index is 994. The van der Waals surface area contributed by atoms with Gasteiger partial charge in [-0.3, -0.25) is 4.79 Å². The molecule has 12 heteroatoms. The Kier molecular flexibility index (Phi) is 11.1. The molecule has 1 aromatic heterocycles. The predicted molar refractivity (Wildman–Crippen MR) is 125 cm³/mol. The third-order valence-electron chi connectivity index (χ3n) is 4.86. The van der Waals surface area contributed by atoms with Gasteiger partial charge in [0.15, 0.2) is 0 Å². The fourth-order valence-electron chi connectivity index (χ4n) is 3.18. The minimum atomic E-state index is -1.26. The summed E-state index contributed by atoms with van der Waals surface area (Å²) in [6.45, 7) is 3.62. The van der Waals surface area contributed by atoms with E-state index in [2.05, 4.69) is 20.2 Å². The van der Waals surface area contributed by atoms with E-state index in [1.54, 1.807) is 12.1 Å². The molecule has 2 heterocycles. The zero-order chi connectivity index (χ0) is 25.6. The first kappa shape index (κ1) is 27.2. The van der Waals surface area contributed by atoms with Crippen LogP contribution in [0.3, 0.4) is 0 Å². The molecule has 3 rings (SSSR count). The molecular formula is C23H28FN5O6. The van der Waals surface area contributed by atoms with Crippen LogP contribution < -0.4 is 15.8 Å². The Balaban J connectivity index is 0.000000466. The maximum absolute atomic E-state index is 12.9. The number of carboxylic acids is 2. The molecule has 0 atom stereocenters. The molecule has 1 saturated heterocycles. The van der Waals surface area contributed by atoms with Gasteiger partial charge in [0.25, 0.3) is 5.91 Å². The van der Waals surface area contributed by atoms with E-state index in [1.165, 1.54) is 24.4 Å². The van der Waals surface area contributed by atoms with E-state index in [4.69, 9.17) is 20.7 Å². The first-order valence-corrected chi connectivity index (χ1v) is 10.9. The summed E-state index contributed by atoms with van der Waals surface area (Å²) in [6, 6.07) is 7.66. The molecule has 5 N–H and O–H groups in total. The van der Waals surface area contributed by atoms with Gasteiger partial charge in [-0.25, -0.2) is 23.9 Å². The molecule has 1 fully saturated rings. The first-order chi connectivity index (χ1) is 16.7. The number of hydrogen-bond acceptors (Lipinski definition) is 8. The summed E-state index contributed by atoms with van der Waals surface area (Å²) < 4.78 is 18.8. The Morgan fingerprint density at radius 1 is 1.11 bits per heavy atom. The Morgan fingerprint density at radius 3 is 2.31 bits per heavy atom. The molecule has 0 radical (unpaired) electrons. The van der Waals surface area contributed by atoms with Crippen molar-refractivity contribution in [2.75, 3.05) is 31.5 Å². The average molecular weight is 490 g/mol. The summed E-state index contributed by atoms with van der Waals surface area (Å²) in [4.78, 5) is 40.8. The molecule has 0 spiro atoms. The van der Waals surface area contributed by atoms with Crippen molar-refractivity contribution in [3.05, 3.63) is 60.2 Å². The van der Waals surface area contributed by atoms with E-state index in [0.29, 0.717) is 24.6 Å². The molecule has 0 saturated carbocycles. The van der Waals surface area contributed by atoms with E-state index in [9.17, 15) is 18.8 Å². The lowest BCUT2D eigenvalue weighted by atomic mass is 10.1. The highest BCUT2D eigenvalue weighted by Crippen LogP contribution is 2.19. The van der Waals surface area contributed by atoms with Gasteiger partial charge in [-0.05, 0) is 56.1 Å². The van der Waals surface area contributed by atoms with Crippen LogP contribution in [0.1, 0.15) is 29.8 Å². The molecule has 2 aromatic rings. The molecule has 1 aromatic carbocycles. The number of carboxylic acid groups (broad SMARTS) is 2. The summed E-state index contributed by atoms with van der Waals surface area (Å²) in [5, 5.41) is 18.7. The second-order valence-corrected chi connectivity index (χ2v) is 7.53. The number of carbonyl (C=O) groups excluding carboxylic acids is 1. The summed E-state index contributed by atoms with van der Waals surface area (Å²) in [5.74, 6) is -2.20. The van der Waals surface area contributed by atoms with Crippen molar-refractivity contribution in [2.45, 2.75) is 25.4 Å². The number of aromatic nitrogens is 2. The zero-order valence-corrected chi connectivity index (χ0v) is 19.0. The van der Waals surface area contributed by atoms with Crippen LogP contribution >= 0.6 is 0 Å². The number of carbonyl (C=O) groups is 3. The largest absolute Gasteiger partial charge is 0.490 e. The van der Waals surface area contributed by atoms with E-state index in [1.807, 2.05) is 0 Å². The Labute approximate surface area is 201 Å². The second-order valence-electron chi connectivity index (χ2n) is 7.53. The number of anilines is 1. The standard InChI is InChI=1S/C19H24FN5O2.C4H4O4/c20-14-2-4-15(5-3-14)27-16-7-12-25(13-8-16)11-1-9-22-19-23-10-6-17(24-19)18(21)26;5-3(6)1-2-4(7)8/h2-6,10,16H,1,7-9,11-13H2,(H2,21,26)(H,22,23,24);1-2H,(H,5,6)(H,7,8). The van der Waals surface area contributed by atoms with Gasteiger partial charge in [0, 0.05) is 38.0 Å². The smallest absolute Gasteiger partial charge is 0.328 e. The number of halogens is 1. The summed E-state index contributed by atoms with van der Waals surface area (Å²) in [6.07, 6.45) is 5.65. The lowest BCUT2D eigenvalue weighted by molar-refractivity contribution is -0.134. The topological polar surface area (TPSA) is 168 Å². The number of aliphatic carboxylic acids is 2. The molecule has 11 nitrogen and oxygen atoms in total.